The zero-order chi connectivity index (χ0) is 15.6. The maximum Gasteiger partial charge on any atom is 0.259 e. The van der Waals surface area contributed by atoms with Gasteiger partial charge in [-0.1, -0.05) is 0 Å². The molecular weight excluding hydrogens is 360 g/mol. The number of anilines is 2. The average Bonchev–Trinajstić information content (AvgIpc) is 2.41. The molecule has 0 radical (unpaired) electrons. The van der Waals surface area contributed by atoms with Crippen LogP contribution in [0.25, 0.3) is 0 Å². The smallest absolute Gasteiger partial charge is 0.259 e. The topological polar surface area (TPSA) is 128 Å². The lowest BCUT2D eigenvalue weighted by Crippen LogP contribution is -2.15. The van der Waals surface area contributed by atoms with Crippen molar-refractivity contribution in [2.45, 2.75) is 4.90 Å². The van der Waals surface area contributed by atoms with Gasteiger partial charge in [-0.15, -0.1) is 0 Å². The van der Waals surface area contributed by atoms with Crippen LogP contribution < -0.4 is 16.2 Å². The quantitative estimate of drug-likeness (QED) is 0.750. The van der Waals surface area contributed by atoms with Gasteiger partial charge in [0.25, 0.3) is 5.91 Å². The molecule has 0 fully saturated rings. The number of pyridine rings is 1. The first-order valence-corrected chi connectivity index (χ1v) is 7.96. The fourth-order valence-corrected chi connectivity index (χ4v) is 2.40. The molecule has 1 aromatic heterocycles. The number of hydrogen-bond acceptors (Lipinski definition) is 5. The van der Waals surface area contributed by atoms with Gasteiger partial charge < -0.3 is 11.1 Å². The third kappa shape index (κ3) is 3.78. The van der Waals surface area contributed by atoms with Gasteiger partial charge in [-0.3, -0.25) is 4.79 Å². The van der Waals surface area contributed by atoms with Crippen molar-refractivity contribution in [1.82, 2.24) is 4.98 Å². The van der Waals surface area contributed by atoms with Crippen LogP contribution in [0.1, 0.15) is 10.4 Å². The van der Waals surface area contributed by atoms with Gasteiger partial charge in [-0.05, 0) is 46.3 Å². The normalized spacial score (nSPS) is 11.1. The summed E-state index contributed by atoms with van der Waals surface area (Å²) in [5, 5.41) is 7.58. The molecule has 1 aromatic carbocycles. The Kier molecular flexibility index (Phi) is 4.26. The number of halogens is 1. The highest BCUT2D eigenvalue weighted by Crippen LogP contribution is 2.18. The van der Waals surface area contributed by atoms with Gasteiger partial charge in [0.1, 0.15) is 5.82 Å². The average molecular weight is 371 g/mol. The number of nitrogens with one attached hydrogen (secondary N) is 1. The van der Waals surface area contributed by atoms with E-state index < -0.39 is 15.9 Å². The van der Waals surface area contributed by atoms with Gasteiger partial charge in [0.2, 0.25) is 10.0 Å². The van der Waals surface area contributed by atoms with E-state index in [1.807, 2.05) is 0 Å². The summed E-state index contributed by atoms with van der Waals surface area (Å²) in [7, 11) is -3.76. The van der Waals surface area contributed by atoms with E-state index in [2.05, 4.69) is 26.2 Å². The summed E-state index contributed by atoms with van der Waals surface area (Å²) >= 11 is 3.20. The number of nitrogens with zero attached hydrogens (tertiary/aromatic N) is 1. The molecule has 0 aliphatic rings. The Bertz CT molecular complexity index is 791. The van der Waals surface area contributed by atoms with Crippen molar-refractivity contribution in [1.29, 1.82) is 0 Å². The van der Waals surface area contributed by atoms with Gasteiger partial charge in [-0.25, -0.2) is 18.5 Å². The fourth-order valence-electron chi connectivity index (χ4n) is 1.56. The first-order chi connectivity index (χ1) is 9.77. The molecule has 7 nitrogen and oxygen atoms in total. The summed E-state index contributed by atoms with van der Waals surface area (Å²) in [5.74, 6) is -0.360. The van der Waals surface area contributed by atoms with E-state index in [9.17, 15) is 13.2 Å². The number of benzene rings is 1. The molecule has 1 amide bonds. The number of hydrogen-bond donors (Lipinski definition) is 3. The van der Waals surface area contributed by atoms with Gasteiger partial charge in [-0.2, -0.15) is 0 Å². The van der Waals surface area contributed by atoms with Crippen LogP contribution in [0, 0.1) is 0 Å². The number of nitrogen functional groups attached to an aromatic ring is 1. The van der Waals surface area contributed by atoms with Crippen LogP contribution in [0.5, 0.6) is 0 Å². The molecule has 9 heteroatoms. The van der Waals surface area contributed by atoms with Crippen LogP contribution in [0.3, 0.4) is 0 Å². The van der Waals surface area contributed by atoms with E-state index in [-0.39, 0.29) is 16.3 Å². The number of carbonyl (C=O) groups is 1. The van der Waals surface area contributed by atoms with Crippen LogP contribution in [-0.2, 0) is 10.0 Å². The van der Waals surface area contributed by atoms with Crippen molar-refractivity contribution in [3.63, 3.8) is 0 Å². The van der Waals surface area contributed by atoms with Crippen molar-refractivity contribution >= 4 is 43.4 Å². The molecule has 0 aliphatic carbocycles. The van der Waals surface area contributed by atoms with E-state index in [0.29, 0.717) is 10.2 Å². The Morgan fingerprint density at radius 1 is 1.24 bits per heavy atom. The summed E-state index contributed by atoms with van der Waals surface area (Å²) in [6.07, 6.45) is 1.48. The van der Waals surface area contributed by atoms with Gasteiger partial charge in [0.05, 0.1) is 10.5 Å². The van der Waals surface area contributed by atoms with Crippen LogP contribution in [0.15, 0.2) is 45.9 Å². The van der Waals surface area contributed by atoms with Gasteiger partial charge in [0.15, 0.2) is 0 Å². The lowest BCUT2D eigenvalue weighted by Gasteiger charge is -2.08. The van der Waals surface area contributed by atoms with Crippen LogP contribution in [-0.4, -0.2) is 19.3 Å². The maximum atomic E-state index is 12.1. The molecule has 0 spiro atoms. The number of aromatic nitrogens is 1. The molecule has 2 aromatic rings. The van der Waals surface area contributed by atoms with Crippen LogP contribution >= 0.6 is 15.9 Å². The molecule has 1 heterocycles. The summed E-state index contributed by atoms with van der Waals surface area (Å²) in [6.45, 7) is 0. The minimum Gasteiger partial charge on any atom is -0.383 e. The molecule has 110 valence electrons. The fraction of sp³-hybridized carbons (Fsp3) is 0. The molecule has 0 unspecified atom stereocenters. The Balaban J connectivity index is 2.22. The summed E-state index contributed by atoms with van der Waals surface area (Å²) in [4.78, 5) is 15.9. The standard InChI is InChI=1S/C12H11BrN4O3S/c13-7-5-10(11(14)16-6-7)12(18)17-8-1-3-9(4-2-8)21(15,19)20/h1-6H,(H2,14,16)(H,17,18)(H2,15,19,20). The molecular formula is C12H11BrN4O3S. The number of primary sulfonamides is 1. The SMILES string of the molecule is Nc1ncc(Br)cc1C(=O)Nc1ccc(S(N)(=O)=O)cc1. The molecule has 0 saturated heterocycles. The predicted octanol–water partition coefficient (Wildman–Crippen LogP) is 1.33. The molecule has 0 saturated carbocycles. The first kappa shape index (κ1) is 15.4. The maximum absolute atomic E-state index is 12.1. The second-order valence-electron chi connectivity index (χ2n) is 4.11. The minimum atomic E-state index is -3.76. The van der Waals surface area contributed by atoms with E-state index in [1.54, 1.807) is 0 Å². The van der Waals surface area contributed by atoms with Crippen molar-refractivity contribution in [2.24, 2.45) is 5.14 Å². The molecule has 21 heavy (non-hydrogen) atoms. The van der Waals surface area contributed by atoms with E-state index in [1.165, 1.54) is 36.5 Å². The number of amides is 1. The van der Waals surface area contributed by atoms with Crippen molar-refractivity contribution in [2.75, 3.05) is 11.1 Å². The highest BCUT2D eigenvalue weighted by molar-refractivity contribution is 9.10. The first-order valence-electron chi connectivity index (χ1n) is 5.62. The summed E-state index contributed by atoms with van der Waals surface area (Å²) in [5.41, 5.74) is 6.25. The minimum absolute atomic E-state index is 0.0378. The lowest BCUT2D eigenvalue weighted by atomic mass is 10.2. The predicted molar refractivity (Wildman–Crippen MR) is 82.1 cm³/mol. The number of nitrogens with two attached hydrogens (primary N) is 2. The van der Waals surface area contributed by atoms with Crippen molar-refractivity contribution < 1.29 is 13.2 Å². The van der Waals surface area contributed by atoms with E-state index >= 15 is 0 Å². The molecule has 0 aliphatic heterocycles. The largest absolute Gasteiger partial charge is 0.383 e. The van der Waals surface area contributed by atoms with Crippen molar-refractivity contribution in [3.8, 4) is 0 Å². The summed E-state index contributed by atoms with van der Waals surface area (Å²) < 4.78 is 22.9. The van der Waals surface area contributed by atoms with E-state index in [0.717, 1.165) is 0 Å². The van der Waals surface area contributed by atoms with Gasteiger partial charge in [0, 0.05) is 16.4 Å². The second kappa shape index (κ2) is 5.80. The lowest BCUT2D eigenvalue weighted by molar-refractivity contribution is 0.102. The Morgan fingerprint density at radius 3 is 2.43 bits per heavy atom. The number of rotatable bonds is 3. The highest BCUT2D eigenvalue weighted by Gasteiger charge is 2.12. The molecule has 5 N–H and O–H groups in total. The molecule has 0 atom stereocenters. The van der Waals surface area contributed by atoms with Crippen molar-refractivity contribution in [3.05, 3.63) is 46.6 Å². The van der Waals surface area contributed by atoms with Crippen LogP contribution in [0.2, 0.25) is 0 Å². The van der Waals surface area contributed by atoms with E-state index in [4.69, 9.17) is 10.9 Å². The monoisotopic (exact) mass is 370 g/mol. The third-order valence-electron chi connectivity index (χ3n) is 2.57. The number of sulfonamides is 1. The Labute approximate surface area is 129 Å². The zero-order valence-corrected chi connectivity index (χ0v) is 13.0. The van der Waals surface area contributed by atoms with Gasteiger partial charge >= 0.3 is 0 Å². The summed E-state index contributed by atoms with van der Waals surface area (Å²) in [6, 6.07) is 7.00. The highest BCUT2D eigenvalue weighted by atomic mass is 79.9. The third-order valence-corrected chi connectivity index (χ3v) is 3.93. The Hall–Kier alpha value is -1.97. The van der Waals surface area contributed by atoms with Crippen LogP contribution in [0.4, 0.5) is 11.5 Å². The molecule has 2 rings (SSSR count). The molecule has 0 bridgehead atoms. The second-order valence-corrected chi connectivity index (χ2v) is 6.59. The number of carbonyl (C=O) groups excluding carboxylic acids is 1. The zero-order valence-electron chi connectivity index (χ0n) is 10.6. The Morgan fingerprint density at radius 2 is 1.86 bits per heavy atom.